The van der Waals surface area contributed by atoms with E-state index in [9.17, 15) is 13.2 Å². The first kappa shape index (κ1) is 22.2. The van der Waals surface area contributed by atoms with Crippen molar-refractivity contribution in [2.75, 3.05) is 5.32 Å². The van der Waals surface area contributed by atoms with Gasteiger partial charge in [0.25, 0.3) is 0 Å². The molecule has 0 saturated heterocycles. The number of carbonyl (C=O) groups is 1. The van der Waals surface area contributed by atoms with Crippen LogP contribution in [-0.4, -0.2) is 30.2 Å². The largest absolute Gasteiger partial charge is 0.477 e. The fraction of sp³-hybridized carbons (Fsp3) is 0.0500. The maximum absolute atomic E-state index is 11.5. The Morgan fingerprint density at radius 1 is 1.13 bits per heavy atom. The van der Waals surface area contributed by atoms with Crippen molar-refractivity contribution in [1.82, 2.24) is 4.98 Å². The van der Waals surface area contributed by atoms with Gasteiger partial charge in [-0.15, -0.1) is 0 Å². The van der Waals surface area contributed by atoms with Gasteiger partial charge in [-0.1, -0.05) is 53.8 Å². The molecule has 0 atom stereocenters. The van der Waals surface area contributed by atoms with Crippen LogP contribution in [0.1, 0.15) is 20.8 Å². The molecule has 160 valence electrons. The van der Waals surface area contributed by atoms with Crippen LogP contribution >= 0.6 is 11.3 Å². The number of thiazole rings is 1. The van der Waals surface area contributed by atoms with Crippen LogP contribution in [0.15, 0.2) is 77.1 Å². The monoisotopic (exact) mass is 457 g/mol. The molecule has 11 heteroatoms. The predicted octanol–water partition coefficient (Wildman–Crippen LogP) is 2.38. The smallest absolute Gasteiger partial charge is 0.347 e. The number of nitrogens with one attached hydrogen (secondary N) is 2. The number of rotatable bonds is 8. The molecule has 0 bridgehead atoms. The topological polar surface area (TPSA) is 172 Å². The van der Waals surface area contributed by atoms with Gasteiger partial charge in [0.2, 0.25) is 10.0 Å². The summed E-state index contributed by atoms with van der Waals surface area (Å²) in [5.74, 6) is -0.962. The van der Waals surface area contributed by atoms with Crippen LogP contribution in [0.2, 0.25) is 0 Å². The zero-order valence-corrected chi connectivity index (χ0v) is 17.7. The summed E-state index contributed by atoms with van der Waals surface area (Å²) in [5.41, 5.74) is 8.19. The van der Waals surface area contributed by atoms with Gasteiger partial charge >= 0.3 is 5.97 Å². The standard InChI is InChI=1S/C20H19N5O4S2/c21-17(13-4-2-1-3-5-13)15(10-12-6-8-14(9-7-12)31(23,28)29)18(22)25-20-24-11-16(30-20)19(26)27/h1-9,11,21H,10,22H2,(H,24,25)(H,26,27)(H2,23,28,29)/b18-15-,21-17?. The predicted molar refractivity (Wildman–Crippen MR) is 119 cm³/mol. The maximum Gasteiger partial charge on any atom is 0.347 e. The number of nitrogens with two attached hydrogens (primary N) is 2. The molecular weight excluding hydrogens is 438 g/mol. The van der Waals surface area contributed by atoms with Crippen LogP contribution in [0.4, 0.5) is 5.13 Å². The average molecular weight is 458 g/mol. The SMILES string of the molecule is N=C(/C(Cc1ccc(S(N)(=O)=O)cc1)=C(/N)Nc1ncc(C(=O)O)s1)c1ccccc1. The summed E-state index contributed by atoms with van der Waals surface area (Å²) in [6.45, 7) is 0. The number of carboxylic acids is 1. The van der Waals surface area contributed by atoms with Gasteiger partial charge in [-0.2, -0.15) is 0 Å². The summed E-state index contributed by atoms with van der Waals surface area (Å²) < 4.78 is 23.0. The Hall–Kier alpha value is -3.54. The number of hydrogen-bond acceptors (Lipinski definition) is 8. The lowest BCUT2D eigenvalue weighted by Crippen LogP contribution is -2.19. The summed E-state index contributed by atoms with van der Waals surface area (Å²) >= 11 is 0.918. The molecule has 1 heterocycles. The van der Waals surface area contributed by atoms with E-state index in [1.165, 1.54) is 18.3 Å². The zero-order chi connectivity index (χ0) is 22.6. The second-order valence-corrected chi connectivity index (χ2v) is 9.05. The molecule has 31 heavy (non-hydrogen) atoms. The highest BCUT2D eigenvalue weighted by Crippen LogP contribution is 2.22. The number of aromatic carboxylic acids is 1. The Morgan fingerprint density at radius 2 is 1.77 bits per heavy atom. The lowest BCUT2D eigenvalue weighted by Gasteiger charge is -2.15. The first-order chi connectivity index (χ1) is 14.6. The third-order valence-electron chi connectivity index (χ3n) is 4.28. The number of allylic oxidation sites excluding steroid dienone is 1. The average Bonchev–Trinajstić information content (AvgIpc) is 3.20. The van der Waals surface area contributed by atoms with Crippen molar-refractivity contribution in [3.63, 3.8) is 0 Å². The second-order valence-electron chi connectivity index (χ2n) is 6.46. The van der Waals surface area contributed by atoms with Crippen LogP contribution in [0.3, 0.4) is 0 Å². The van der Waals surface area contributed by atoms with Crippen molar-refractivity contribution in [2.24, 2.45) is 10.9 Å². The van der Waals surface area contributed by atoms with Gasteiger partial charge in [0.1, 0.15) is 10.7 Å². The minimum Gasteiger partial charge on any atom is -0.477 e. The minimum atomic E-state index is -3.82. The van der Waals surface area contributed by atoms with Crippen molar-refractivity contribution >= 4 is 38.2 Å². The fourth-order valence-electron chi connectivity index (χ4n) is 2.72. The molecule has 0 radical (unpaired) electrons. The van der Waals surface area contributed by atoms with Crippen LogP contribution in [0.25, 0.3) is 0 Å². The van der Waals surface area contributed by atoms with Crippen LogP contribution < -0.4 is 16.2 Å². The molecule has 0 amide bonds. The number of nitrogens with zero attached hydrogens (tertiary/aromatic N) is 1. The van der Waals surface area contributed by atoms with Crippen molar-refractivity contribution < 1.29 is 18.3 Å². The van der Waals surface area contributed by atoms with E-state index in [1.807, 2.05) is 6.07 Å². The third-order valence-corrected chi connectivity index (χ3v) is 6.11. The minimum absolute atomic E-state index is 0.0185. The van der Waals surface area contributed by atoms with E-state index in [0.29, 0.717) is 16.7 Å². The number of anilines is 1. The lowest BCUT2D eigenvalue weighted by molar-refractivity contribution is 0.0702. The van der Waals surface area contributed by atoms with Crippen molar-refractivity contribution in [2.45, 2.75) is 11.3 Å². The lowest BCUT2D eigenvalue weighted by atomic mass is 9.96. The van der Waals surface area contributed by atoms with Gasteiger partial charge in [0.05, 0.1) is 16.8 Å². The number of sulfonamides is 1. The van der Waals surface area contributed by atoms with E-state index < -0.39 is 16.0 Å². The van der Waals surface area contributed by atoms with Gasteiger partial charge < -0.3 is 16.2 Å². The fourth-order valence-corrected chi connectivity index (χ4v) is 3.90. The summed E-state index contributed by atoms with van der Waals surface area (Å²) in [6, 6.07) is 14.9. The highest BCUT2D eigenvalue weighted by atomic mass is 32.2. The molecule has 7 N–H and O–H groups in total. The second kappa shape index (κ2) is 9.08. The molecule has 0 spiro atoms. The summed E-state index contributed by atoms with van der Waals surface area (Å²) in [6.07, 6.45) is 1.44. The normalized spacial score (nSPS) is 12.2. The number of hydrogen-bond donors (Lipinski definition) is 5. The molecule has 3 rings (SSSR count). The molecule has 3 aromatic rings. The van der Waals surface area contributed by atoms with Crippen molar-refractivity contribution in [3.8, 4) is 0 Å². The number of primary sulfonamides is 1. The van der Waals surface area contributed by atoms with E-state index >= 15 is 0 Å². The highest BCUT2D eigenvalue weighted by Gasteiger charge is 2.16. The van der Waals surface area contributed by atoms with Gasteiger partial charge in [-0.25, -0.2) is 23.3 Å². The summed E-state index contributed by atoms with van der Waals surface area (Å²) in [7, 11) is -3.82. The molecule has 0 aliphatic carbocycles. The quantitative estimate of drug-likeness (QED) is 0.323. The Kier molecular flexibility index (Phi) is 6.49. The number of carboxylic acid groups (broad SMARTS) is 1. The third kappa shape index (κ3) is 5.54. The molecular formula is C20H19N5O4S2. The maximum atomic E-state index is 11.5. The Labute approximate surface area is 182 Å². The van der Waals surface area contributed by atoms with Crippen LogP contribution in [-0.2, 0) is 16.4 Å². The van der Waals surface area contributed by atoms with E-state index in [4.69, 9.17) is 21.4 Å². The first-order valence-corrected chi connectivity index (χ1v) is 11.2. The van der Waals surface area contributed by atoms with E-state index in [0.717, 1.165) is 11.3 Å². The van der Waals surface area contributed by atoms with E-state index in [1.54, 1.807) is 36.4 Å². The van der Waals surface area contributed by atoms with Crippen molar-refractivity contribution in [3.05, 3.63) is 88.2 Å². The van der Waals surface area contributed by atoms with E-state index in [2.05, 4.69) is 10.3 Å². The van der Waals surface area contributed by atoms with Gasteiger partial charge in [-0.05, 0) is 23.3 Å². The number of aromatic nitrogens is 1. The Bertz CT molecular complexity index is 1250. The Morgan fingerprint density at radius 3 is 2.32 bits per heavy atom. The molecule has 1 aromatic heterocycles. The molecule has 0 aliphatic rings. The number of benzene rings is 2. The molecule has 9 nitrogen and oxygen atoms in total. The van der Waals surface area contributed by atoms with E-state index in [-0.39, 0.29) is 32.9 Å². The van der Waals surface area contributed by atoms with Gasteiger partial charge in [0.15, 0.2) is 5.13 Å². The van der Waals surface area contributed by atoms with Gasteiger partial charge in [-0.3, -0.25) is 5.41 Å². The molecule has 2 aromatic carbocycles. The molecule has 0 saturated carbocycles. The molecule has 0 aliphatic heterocycles. The summed E-state index contributed by atoms with van der Waals surface area (Å²) in [4.78, 5) is 15.1. The van der Waals surface area contributed by atoms with Gasteiger partial charge in [0, 0.05) is 12.0 Å². The first-order valence-electron chi connectivity index (χ1n) is 8.86. The molecule has 0 fully saturated rings. The molecule has 0 unspecified atom stereocenters. The summed E-state index contributed by atoms with van der Waals surface area (Å²) in [5, 5.41) is 26.0. The highest BCUT2D eigenvalue weighted by molar-refractivity contribution is 7.89. The van der Waals surface area contributed by atoms with Crippen molar-refractivity contribution in [1.29, 1.82) is 5.41 Å². The zero-order valence-electron chi connectivity index (χ0n) is 16.1. The Balaban J connectivity index is 1.96. The van der Waals surface area contributed by atoms with Crippen LogP contribution in [0, 0.1) is 5.41 Å². The van der Waals surface area contributed by atoms with Crippen LogP contribution in [0.5, 0.6) is 0 Å².